The number of para-hydroxylation sites is 1. The maximum atomic E-state index is 12.8. The highest BCUT2D eigenvalue weighted by Crippen LogP contribution is 2.22. The summed E-state index contributed by atoms with van der Waals surface area (Å²) in [5, 5.41) is 0. The Labute approximate surface area is 132 Å². The van der Waals surface area contributed by atoms with Crippen molar-refractivity contribution < 1.29 is 9.53 Å². The van der Waals surface area contributed by atoms with Crippen LogP contribution in [-0.4, -0.2) is 55.7 Å². The summed E-state index contributed by atoms with van der Waals surface area (Å²) >= 11 is 0. The molecule has 120 valence electrons. The van der Waals surface area contributed by atoms with E-state index in [-0.39, 0.29) is 5.91 Å². The van der Waals surface area contributed by atoms with Gasteiger partial charge in [0.2, 0.25) is 5.91 Å². The molecule has 2 aliphatic rings. The Hall–Kier alpha value is -1.59. The first-order valence-corrected chi connectivity index (χ1v) is 8.15. The summed E-state index contributed by atoms with van der Waals surface area (Å²) in [6.45, 7) is 4.56. The number of nitrogens with two attached hydrogens (primary N) is 1. The van der Waals surface area contributed by atoms with Gasteiger partial charge in [0.05, 0.1) is 5.54 Å². The summed E-state index contributed by atoms with van der Waals surface area (Å²) in [6.07, 6.45) is 2.24. The Kier molecular flexibility index (Phi) is 4.64. The van der Waals surface area contributed by atoms with Crippen molar-refractivity contribution in [3.05, 3.63) is 30.3 Å². The molecule has 0 unspecified atom stereocenters. The summed E-state index contributed by atoms with van der Waals surface area (Å²) in [7, 11) is 0. The summed E-state index contributed by atoms with van der Waals surface area (Å²) in [5.74, 6) is 0.103. The van der Waals surface area contributed by atoms with Crippen LogP contribution in [0.3, 0.4) is 0 Å². The van der Waals surface area contributed by atoms with E-state index >= 15 is 0 Å². The second kappa shape index (κ2) is 6.67. The minimum Gasteiger partial charge on any atom is -0.381 e. The van der Waals surface area contributed by atoms with Crippen molar-refractivity contribution in [2.24, 2.45) is 5.73 Å². The van der Waals surface area contributed by atoms with Crippen LogP contribution in [0.2, 0.25) is 0 Å². The standard InChI is InChI=1S/C17H25N3O2/c18-17(7-13-22-14-8-17)16(21)20-10-4-9-19(11-12-20)15-5-2-1-3-6-15/h1-3,5-6H,4,7-14,18H2. The van der Waals surface area contributed by atoms with Gasteiger partial charge in [-0.15, -0.1) is 0 Å². The molecular weight excluding hydrogens is 278 g/mol. The van der Waals surface area contributed by atoms with Crippen LogP contribution in [0.25, 0.3) is 0 Å². The van der Waals surface area contributed by atoms with Gasteiger partial charge in [-0.25, -0.2) is 0 Å². The van der Waals surface area contributed by atoms with Crippen molar-refractivity contribution in [2.75, 3.05) is 44.3 Å². The summed E-state index contributed by atoms with van der Waals surface area (Å²) in [6, 6.07) is 10.4. The van der Waals surface area contributed by atoms with E-state index in [1.807, 2.05) is 11.0 Å². The molecule has 2 aliphatic heterocycles. The van der Waals surface area contributed by atoms with Crippen molar-refractivity contribution in [3.8, 4) is 0 Å². The van der Waals surface area contributed by atoms with Crippen molar-refractivity contribution in [1.82, 2.24) is 4.90 Å². The molecule has 5 heteroatoms. The maximum Gasteiger partial charge on any atom is 0.242 e. The van der Waals surface area contributed by atoms with E-state index in [9.17, 15) is 4.79 Å². The van der Waals surface area contributed by atoms with Crippen LogP contribution in [0.4, 0.5) is 5.69 Å². The fourth-order valence-corrected chi connectivity index (χ4v) is 3.28. The zero-order chi connectivity index (χ0) is 15.4. The van der Waals surface area contributed by atoms with Crippen molar-refractivity contribution >= 4 is 11.6 Å². The zero-order valence-electron chi connectivity index (χ0n) is 13.0. The van der Waals surface area contributed by atoms with Gasteiger partial charge in [0, 0.05) is 45.1 Å². The van der Waals surface area contributed by atoms with Crippen molar-refractivity contribution in [1.29, 1.82) is 0 Å². The number of amides is 1. The van der Waals surface area contributed by atoms with Gasteiger partial charge in [-0.3, -0.25) is 4.79 Å². The maximum absolute atomic E-state index is 12.8. The molecule has 2 heterocycles. The number of hydrogen-bond acceptors (Lipinski definition) is 4. The number of benzene rings is 1. The Morgan fingerprint density at radius 1 is 1.05 bits per heavy atom. The second-order valence-electron chi connectivity index (χ2n) is 6.24. The molecule has 0 saturated carbocycles. The second-order valence-corrected chi connectivity index (χ2v) is 6.24. The third kappa shape index (κ3) is 3.25. The third-order valence-corrected chi connectivity index (χ3v) is 4.72. The first-order valence-electron chi connectivity index (χ1n) is 8.15. The van der Waals surface area contributed by atoms with Gasteiger partial charge < -0.3 is 20.3 Å². The van der Waals surface area contributed by atoms with E-state index in [0.29, 0.717) is 26.1 Å². The molecule has 2 N–H and O–H groups in total. The number of rotatable bonds is 2. The molecule has 0 aliphatic carbocycles. The minimum absolute atomic E-state index is 0.103. The fourth-order valence-electron chi connectivity index (χ4n) is 3.28. The summed E-state index contributed by atoms with van der Waals surface area (Å²) in [5.41, 5.74) is 6.85. The molecule has 0 spiro atoms. The molecule has 2 fully saturated rings. The van der Waals surface area contributed by atoms with Crippen LogP contribution in [0, 0.1) is 0 Å². The molecule has 3 rings (SSSR count). The average Bonchev–Trinajstić information content (AvgIpc) is 2.82. The molecule has 0 bridgehead atoms. The number of hydrogen-bond donors (Lipinski definition) is 1. The van der Waals surface area contributed by atoms with Crippen LogP contribution in [-0.2, 0) is 9.53 Å². The van der Waals surface area contributed by atoms with E-state index in [1.165, 1.54) is 5.69 Å². The molecular formula is C17H25N3O2. The van der Waals surface area contributed by atoms with Crippen LogP contribution in [0.1, 0.15) is 19.3 Å². The van der Waals surface area contributed by atoms with Crippen molar-refractivity contribution in [3.63, 3.8) is 0 Å². The molecule has 1 aromatic rings. The Morgan fingerprint density at radius 3 is 2.50 bits per heavy atom. The molecule has 2 saturated heterocycles. The smallest absolute Gasteiger partial charge is 0.242 e. The van der Waals surface area contributed by atoms with Gasteiger partial charge in [0.25, 0.3) is 0 Å². The zero-order valence-corrected chi connectivity index (χ0v) is 13.0. The number of ether oxygens (including phenoxy) is 1. The Bertz CT molecular complexity index is 500. The van der Waals surface area contributed by atoms with Gasteiger partial charge in [-0.1, -0.05) is 18.2 Å². The number of nitrogens with zero attached hydrogens (tertiary/aromatic N) is 2. The van der Waals surface area contributed by atoms with Crippen LogP contribution in [0.5, 0.6) is 0 Å². The average molecular weight is 303 g/mol. The Balaban J connectivity index is 1.64. The molecule has 22 heavy (non-hydrogen) atoms. The normalized spacial score (nSPS) is 22.2. The Morgan fingerprint density at radius 2 is 1.77 bits per heavy atom. The van der Waals surface area contributed by atoms with Gasteiger partial charge >= 0.3 is 0 Å². The lowest BCUT2D eigenvalue weighted by molar-refractivity contribution is -0.140. The van der Waals surface area contributed by atoms with E-state index in [4.69, 9.17) is 10.5 Å². The minimum atomic E-state index is -0.722. The molecule has 0 atom stereocenters. The number of anilines is 1. The first-order chi connectivity index (χ1) is 10.7. The molecule has 5 nitrogen and oxygen atoms in total. The van der Waals surface area contributed by atoms with Gasteiger partial charge in [0.1, 0.15) is 0 Å². The van der Waals surface area contributed by atoms with Gasteiger partial charge in [-0.05, 0) is 31.4 Å². The summed E-state index contributed by atoms with van der Waals surface area (Å²) < 4.78 is 5.34. The number of carbonyl (C=O) groups is 1. The van der Waals surface area contributed by atoms with Crippen LogP contribution in [0.15, 0.2) is 30.3 Å². The predicted octanol–water partition coefficient (Wildman–Crippen LogP) is 1.23. The van der Waals surface area contributed by atoms with E-state index < -0.39 is 5.54 Å². The highest BCUT2D eigenvalue weighted by atomic mass is 16.5. The van der Waals surface area contributed by atoms with Crippen LogP contribution < -0.4 is 10.6 Å². The third-order valence-electron chi connectivity index (χ3n) is 4.72. The van der Waals surface area contributed by atoms with E-state index in [1.54, 1.807) is 0 Å². The predicted molar refractivity (Wildman–Crippen MR) is 86.8 cm³/mol. The van der Waals surface area contributed by atoms with Crippen LogP contribution >= 0.6 is 0 Å². The molecule has 0 aromatic heterocycles. The lowest BCUT2D eigenvalue weighted by atomic mass is 9.89. The van der Waals surface area contributed by atoms with Gasteiger partial charge in [-0.2, -0.15) is 0 Å². The van der Waals surface area contributed by atoms with Crippen molar-refractivity contribution in [2.45, 2.75) is 24.8 Å². The lowest BCUT2D eigenvalue weighted by Crippen LogP contribution is -2.58. The first kappa shape index (κ1) is 15.3. The van der Waals surface area contributed by atoms with E-state index in [2.05, 4.69) is 29.2 Å². The summed E-state index contributed by atoms with van der Waals surface area (Å²) in [4.78, 5) is 17.1. The van der Waals surface area contributed by atoms with Gasteiger partial charge in [0.15, 0.2) is 0 Å². The topological polar surface area (TPSA) is 58.8 Å². The quantitative estimate of drug-likeness (QED) is 0.893. The largest absolute Gasteiger partial charge is 0.381 e. The SMILES string of the molecule is NC1(C(=O)N2CCCN(c3ccccc3)CC2)CCOCC1. The lowest BCUT2D eigenvalue weighted by Gasteiger charge is -2.36. The highest BCUT2D eigenvalue weighted by Gasteiger charge is 2.39. The number of carbonyl (C=O) groups excluding carboxylic acids is 1. The van der Waals surface area contributed by atoms with E-state index in [0.717, 1.165) is 32.6 Å². The highest BCUT2D eigenvalue weighted by molar-refractivity contribution is 5.86. The molecule has 1 aromatic carbocycles. The molecule has 1 amide bonds. The monoisotopic (exact) mass is 303 g/mol. The fraction of sp³-hybridized carbons (Fsp3) is 0.588. The molecule has 0 radical (unpaired) electrons.